The third kappa shape index (κ3) is 8.44. The molecule has 2 aliphatic rings. The van der Waals surface area contributed by atoms with Gasteiger partial charge in [-0.25, -0.2) is 22.4 Å². The second kappa shape index (κ2) is 15.2. The number of nitrogens with zero attached hydrogens (tertiary/aromatic N) is 5. The van der Waals surface area contributed by atoms with E-state index in [9.17, 15) is 32.4 Å². The molecule has 0 spiro atoms. The molecule has 0 saturated carbocycles. The number of halogens is 7. The Labute approximate surface area is 289 Å². The minimum atomic E-state index is -1.95. The molecule has 15 heteroatoms. The van der Waals surface area contributed by atoms with E-state index < -0.39 is 51.8 Å². The fourth-order valence-electron chi connectivity index (χ4n) is 6.05. The van der Waals surface area contributed by atoms with Gasteiger partial charge < -0.3 is 14.5 Å². The number of nitriles is 1. The first-order valence-electron chi connectivity index (χ1n) is 15.0. The van der Waals surface area contributed by atoms with Crippen LogP contribution >= 0.6 is 34.8 Å². The van der Waals surface area contributed by atoms with Crippen molar-refractivity contribution in [1.82, 2.24) is 14.7 Å². The van der Waals surface area contributed by atoms with Gasteiger partial charge in [-0.2, -0.15) is 5.26 Å². The van der Waals surface area contributed by atoms with Crippen molar-refractivity contribution < 1.29 is 31.9 Å². The fraction of sp³-hybridized carbons (Fsp3) is 0.364. The van der Waals surface area contributed by atoms with Crippen LogP contribution in [0.4, 0.5) is 28.0 Å². The molecule has 0 aliphatic carbocycles. The summed E-state index contributed by atoms with van der Waals surface area (Å²) in [5, 5.41) is 9.53. The molecule has 2 amide bonds. The van der Waals surface area contributed by atoms with Gasteiger partial charge in [-0.15, -0.1) is 0 Å². The average molecular weight is 727 g/mol. The molecule has 254 valence electrons. The lowest BCUT2D eigenvalue weighted by Gasteiger charge is -2.38. The standard InChI is InChI=1S/C33H30Cl3F4N5O3/c34-33(35,36)20-48-32(47)45(18-22-8-9-24(37)14-27(22)39)25-15-29(44(19-25)17-23-5-3-6-26(38)30(23)40)31(46)43-12-10-42(11-13-43)28-7-2-1-4-21(28)16-41/h1-9,14,25,29H,10-13,15,17-20H2. The van der Waals surface area contributed by atoms with Gasteiger partial charge in [0.2, 0.25) is 9.70 Å². The van der Waals surface area contributed by atoms with E-state index in [4.69, 9.17) is 39.5 Å². The molecule has 3 aromatic rings. The van der Waals surface area contributed by atoms with Gasteiger partial charge in [0.15, 0.2) is 11.6 Å². The average Bonchev–Trinajstić information content (AvgIpc) is 3.48. The monoisotopic (exact) mass is 725 g/mol. The lowest BCUT2D eigenvalue weighted by atomic mass is 10.1. The first kappa shape index (κ1) is 35.5. The number of hydrogen-bond donors (Lipinski definition) is 0. The molecule has 2 heterocycles. The summed E-state index contributed by atoms with van der Waals surface area (Å²) in [6.45, 7) is 0.328. The number of benzene rings is 3. The molecule has 5 rings (SSSR count). The number of likely N-dealkylation sites (tertiary alicyclic amines) is 1. The van der Waals surface area contributed by atoms with Gasteiger partial charge in [-0.1, -0.05) is 65.1 Å². The minimum absolute atomic E-state index is 0.00119. The summed E-state index contributed by atoms with van der Waals surface area (Å²) in [4.78, 5) is 34.0. The molecular weight excluding hydrogens is 697 g/mol. The summed E-state index contributed by atoms with van der Waals surface area (Å²) >= 11 is 17.4. The van der Waals surface area contributed by atoms with Gasteiger partial charge in [-0.05, 0) is 30.7 Å². The molecule has 8 nitrogen and oxygen atoms in total. The van der Waals surface area contributed by atoms with E-state index in [1.165, 1.54) is 18.2 Å². The molecule has 2 fully saturated rings. The zero-order valence-electron chi connectivity index (χ0n) is 25.4. The maximum Gasteiger partial charge on any atom is 0.410 e. The molecule has 0 radical (unpaired) electrons. The van der Waals surface area contributed by atoms with Gasteiger partial charge >= 0.3 is 6.09 Å². The lowest BCUT2D eigenvalue weighted by Crippen LogP contribution is -2.53. The number of ether oxygens (including phenoxy) is 1. The molecule has 2 aliphatic heterocycles. The van der Waals surface area contributed by atoms with Crippen LogP contribution in [-0.2, 0) is 22.6 Å². The molecule has 3 aromatic carbocycles. The zero-order valence-corrected chi connectivity index (χ0v) is 27.7. The van der Waals surface area contributed by atoms with Crippen LogP contribution in [0.15, 0.2) is 60.7 Å². The molecule has 48 heavy (non-hydrogen) atoms. The number of rotatable bonds is 8. The molecule has 0 bridgehead atoms. The van der Waals surface area contributed by atoms with E-state index in [2.05, 4.69) is 6.07 Å². The van der Waals surface area contributed by atoms with Crippen LogP contribution < -0.4 is 4.90 Å². The Morgan fingerprint density at radius 2 is 1.67 bits per heavy atom. The molecule has 0 N–H and O–H groups in total. The van der Waals surface area contributed by atoms with Gasteiger partial charge in [0.1, 0.15) is 24.3 Å². The molecule has 2 unspecified atom stereocenters. The molecule has 2 saturated heterocycles. The predicted octanol–water partition coefficient (Wildman–Crippen LogP) is 6.42. The smallest absolute Gasteiger partial charge is 0.410 e. The maximum absolute atomic E-state index is 14.8. The molecular formula is C33H30Cl3F4N5O3. The van der Waals surface area contributed by atoms with Gasteiger partial charge in [0.25, 0.3) is 0 Å². The Hall–Kier alpha value is -3.76. The van der Waals surface area contributed by atoms with Crippen LogP contribution in [0.25, 0.3) is 0 Å². The van der Waals surface area contributed by atoms with Crippen molar-refractivity contribution in [2.45, 2.75) is 35.4 Å². The molecule has 2 atom stereocenters. The van der Waals surface area contributed by atoms with Crippen LogP contribution in [-0.4, -0.2) is 81.9 Å². The van der Waals surface area contributed by atoms with E-state index in [1.807, 2.05) is 17.0 Å². The van der Waals surface area contributed by atoms with Crippen LogP contribution in [0.2, 0.25) is 0 Å². The minimum Gasteiger partial charge on any atom is -0.445 e. The highest BCUT2D eigenvalue weighted by Crippen LogP contribution is 2.31. The number of alkyl halides is 3. The summed E-state index contributed by atoms with van der Waals surface area (Å²) in [6, 6.07) is 14.3. The summed E-state index contributed by atoms with van der Waals surface area (Å²) < 4.78 is 60.8. The summed E-state index contributed by atoms with van der Waals surface area (Å²) in [7, 11) is 0. The van der Waals surface area contributed by atoms with Gasteiger partial charge in [-0.3, -0.25) is 14.6 Å². The van der Waals surface area contributed by atoms with Crippen molar-refractivity contribution in [1.29, 1.82) is 5.26 Å². The van der Waals surface area contributed by atoms with Crippen LogP contribution in [0.1, 0.15) is 23.1 Å². The number of piperazine rings is 1. The second-order valence-electron chi connectivity index (χ2n) is 11.5. The highest BCUT2D eigenvalue weighted by Gasteiger charge is 2.44. The third-order valence-electron chi connectivity index (χ3n) is 8.42. The van der Waals surface area contributed by atoms with Crippen LogP contribution in [0.5, 0.6) is 0 Å². The topological polar surface area (TPSA) is 80.1 Å². The van der Waals surface area contributed by atoms with Crippen molar-refractivity contribution >= 4 is 52.5 Å². The quantitative estimate of drug-likeness (QED) is 0.197. The first-order chi connectivity index (χ1) is 22.8. The fourth-order valence-corrected chi connectivity index (χ4v) is 6.21. The van der Waals surface area contributed by atoms with Gasteiger partial charge in [0.05, 0.1) is 29.9 Å². The number of para-hydroxylation sites is 1. The van der Waals surface area contributed by atoms with Crippen molar-refractivity contribution in [3.8, 4) is 6.07 Å². The third-order valence-corrected chi connectivity index (χ3v) is 8.75. The highest BCUT2D eigenvalue weighted by atomic mass is 35.6. The molecule has 0 aromatic heterocycles. The first-order valence-corrected chi connectivity index (χ1v) is 16.1. The maximum atomic E-state index is 14.8. The van der Waals surface area contributed by atoms with Crippen molar-refractivity contribution in [2.24, 2.45) is 0 Å². The number of amides is 2. The predicted molar refractivity (Wildman–Crippen MR) is 172 cm³/mol. The van der Waals surface area contributed by atoms with E-state index in [0.29, 0.717) is 37.8 Å². The van der Waals surface area contributed by atoms with E-state index in [0.717, 1.165) is 22.7 Å². The Morgan fingerprint density at radius 3 is 2.35 bits per heavy atom. The van der Waals surface area contributed by atoms with Crippen molar-refractivity contribution in [3.05, 3.63) is 101 Å². The normalized spacial score (nSPS) is 18.5. The number of carbonyl (C=O) groups is 2. The van der Waals surface area contributed by atoms with Crippen molar-refractivity contribution in [2.75, 3.05) is 44.2 Å². The summed E-state index contributed by atoms with van der Waals surface area (Å²) in [5.41, 5.74) is 1.24. The number of hydrogen-bond acceptors (Lipinski definition) is 6. The van der Waals surface area contributed by atoms with E-state index in [-0.39, 0.29) is 43.1 Å². The highest BCUT2D eigenvalue weighted by molar-refractivity contribution is 6.67. The van der Waals surface area contributed by atoms with Gasteiger partial charge in [0, 0.05) is 56.5 Å². The SMILES string of the molecule is N#Cc1ccccc1N1CCN(C(=O)C2CC(N(Cc3ccc(F)cc3F)C(=O)OCC(Cl)(Cl)Cl)CN2Cc2cccc(F)c2F)CC1. The summed E-state index contributed by atoms with van der Waals surface area (Å²) in [5.74, 6) is -4.14. The lowest BCUT2D eigenvalue weighted by molar-refractivity contribution is -0.136. The number of anilines is 1. The van der Waals surface area contributed by atoms with Crippen LogP contribution in [0.3, 0.4) is 0 Å². The van der Waals surface area contributed by atoms with Crippen molar-refractivity contribution in [3.63, 3.8) is 0 Å². The van der Waals surface area contributed by atoms with E-state index >= 15 is 0 Å². The Bertz CT molecular complexity index is 1700. The Kier molecular flexibility index (Phi) is 11.3. The largest absolute Gasteiger partial charge is 0.445 e. The Balaban J connectivity index is 1.41. The second-order valence-corrected chi connectivity index (χ2v) is 14.0. The zero-order chi connectivity index (χ0) is 34.6. The number of carbonyl (C=O) groups excluding carboxylic acids is 2. The van der Waals surface area contributed by atoms with E-state index in [1.54, 1.807) is 21.9 Å². The summed E-state index contributed by atoms with van der Waals surface area (Å²) in [6.07, 6.45) is -0.955. The van der Waals surface area contributed by atoms with Crippen LogP contribution in [0, 0.1) is 34.6 Å². The Morgan fingerprint density at radius 1 is 0.938 bits per heavy atom.